The van der Waals surface area contributed by atoms with E-state index in [1.165, 1.54) is 32.1 Å². The molecule has 0 aliphatic carbocycles. The Morgan fingerprint density at radius 3 is 2.62 bits per heavy atom. The number of nitrogens with one attached hydrogen (secondary N) is 2. The molecule has 2 fully saturated rings. The minimum Gasteiger partial charge on any atom is -0.454 e. The number of fused-ring (bicyclic) bond motifs is 1. The molecule has 2 aromatic rings. The van der Waals surface area contributed by atoms with Gasteiger partial charge in [-0.2, -0.15) is 9.97 Å². The summed E-state index contributed by atoms with van der Waals surface area (Å²) < 4.78 is 10.9. The zero-order chi connectivity index (χ0) is 23.5. The van der Waals surface area contributed by atoms with Gasteiger partial charge in [0.2, 0.25) is 12.7 Å². The summed E-state index contributed by atoms with van der Waals surface area (Å²) in [4.78, 5) is 14.5. The average molecular weight is 483 g/mol. The number of anilines is 3. The highest BCUT2D eigenvalue weighted by Crippen LogP contribution is 2.32. The number of aromatic nitrogens is 2. The van der Waals surface area contributed by atoms with Crippen molar-refractivity contribution in [3.8, 4) is 11.5 Å². The van der Waals surface area contributed by atoms with Gasteiger partial charge in [-0.15, -0.1) is 0 Å². The van der Waals surface area contributed by atoms with Crippen LogP contribution >= 0.6 is 12.2 Å². The molecule has 34 heavy (non-hydrogen) atoms. The third-order valence-corrected chi connectivity index (χ3v) is 7.27. The Balaban J connectivity index is 1.30. The maximum Gasteiger partial charge on any atom is 0.232 e. The van der Waals surface area contributed by atoms with E-state index < -0.39 is 0 Å². The van der Waals surface area contributed by atoms with Gasteiger partial charge < -0.3 is 29.9 Å². The van der Waals surface area contributed by atoms with E-state index in [-0.39, 0.29) is 6.79 Å². The molecular formula is C25H34N6O2S. The molecule has 0 spiro atoms. The molecule has 1 aromatic heterocycles. The lowest BCUT2D eigenvalue weighted by atomic mass is 9.99. The molecule has 182 valence electrons. The third kappa shape index (κ3) is 5.29. The predicted octanol–water partition coefficient (Wildman–Crippen LogP) is 4.31. The van der Waals surface area contributed by atoms with Crippen LogP contribution in [0.2, 0.25) is 0 Å². The predicted molar refractivity (Wildman–Crippen MR) is 139 cm³/mol. The van der Waals surface area contributed by atoms with Crippen LogP contribution in [0.1, 0.15) is 51.5 Å². The lowest BCUT2D eigenvalue weighted by molar-refractivity contribution is 0.174. The molecule has 3 aliphatic rings. The number of hydrogen-bond donors (Lipinski definition) is 2. The number of rotatable bonds is 5. The summed E-state index contributed by atoms with van der Waals surface area (Å²) in [6.45, 7) is 8.54. The molecule has 0 amide bonds. The molecule has 5 rings (SSSR count). The molecule has 8 nitrogen and oxygen atoms in total. The summed E-state index contributed by atoms with van der Waals surface area (Å²) in [7, 11) is 0. The number of ether oxygens (including phenoxy) is 2. The molecule has 0 radical (unpaired) electrons. The Kier molecular flexibility index (Phi) is 6.89. The third-order valence-electron chi connectivity index (χ3n) is 7.02. The van der Waals surface area contributed by atoms with Gasteiger partial charge in [0.05, 0.1) is 0 Å². The van der Waals surface area contributed by atoms with Crippen LogP contribution in [-0.2, 0) is 6.54 Å². The van der Waals surface area contributed by atoms with E-state index in [9.17, 15) is 0 Å². The van der Waals surface area contributed by atoms with Crippen molar-refractivity contribution < 1.29 is 9.47 Å². The standard InChI is InChI=1S/C25H34N6O2S/c1-17-8-11-30(12-9-17)22-14-23(31-10-4-3-5-18(31)2)28-24(27-22)29-25(34)26-15-19-6-7-20-21(13-19)33-16-32-20/h6-7,13-14,17-18H,3-5,8-12,15-16H2,1-2H3,(H2,26,27,28,29,34). The maximum atomic E-state index is 5.59. The highest BCUT2D eigenvalue weighted by atomic mass is 32.1. The Bertz CT molecular complexity index is 1030. The van der Waals surface area contributed by atoms with E-state index in [2.05, 4.69) is 40.3 Å². The van der Waals surface area contributed by atoms with Gasteiger partial charge >= 0.3 is 0 Å². The van der Waals surface area contributed by atoms with Crippen molar-refractivity contribution in [2.24, 2.45) is 5.92 Å². The molecule has 9 heteroatoms. The monoisotopic (exact) mass is 482 g/mol. The molecule has 4 heterocycles. The topological polar surface area (TPSA) is 74.8 Å². The van der Waals surface area contributed by atoms with Crippen molar-refractivity contribution in [3.63, 3.8) is 0 Å². The quantitative estimate of drug-likeness (QED) is 0.607. The summed E-state index contributed by atoms with van der Waals surface area (Å²) in [5.41, 5.74) is 1.06. The van der Waals surface area contributed by atoms with E-state index in [0.717, 1.165) is 54.3 Å². The number of nitrogens with zero attached hydrogens (tertiary/aromatic N) is 4. The fraction of sp³-hybridized carbons (Fsp3) is 0.560. The number of hydrogen-bond acceptors (Lipinski definition) is 7. The second kappa shape index (κ2) is 10.2. The zero-order valence-electron chi connectivity index (χ0n) is 20.0. The Hall–Kier alpha value is -2.81. The van der Waals surface area contributed by atoms with Gasteiger partial charge in [0.15, 0.2) is 16.6 Å². The summed E-state index contributed by atoms with van der Waals surface area (Å²) >= 11 is 5.59. The first-order valence-corrected chi connectivity index (χ1v) is 12.8. The average Bonchev–Trinajstić information content (AvgIpc) is 3.31. The van der Waals surface area contributed by atoms with Crippen LogP contribution in [-0.4, -0.2) is 47.5 Å². The van der Waals surface area contributed by atoms with Crippen LogP contribution in [0, 0.1) is 5.92 Å². The summed E-state index contributed by atoms with van der Waals surface area (Å²) in [6.07, 6.45) is 6.05. The normalized spacial score (nSPS) is 20.4. The molecule has 2 N–H and O–H groups in total. The van der Waals surface area contributed by atoms with Crippen molar-refractivity contribution >= 4 is 34.9 Å². The second-order valence-corrected chi connectivity index (χ2v) is 10.0. The van der Waals surface area contributed by atoms with Crippen molar-refractivity contribution in [1.82, 2.24) is 15.3 Å². The lowest BCUT2D eigenvalue weighted by Crippen LogP contribution is -2.39. The molecular weight excluding hydrogens is 448 g/mol. The number of piperidine rings is 2. The molecule has 1 unspecified atom stereocenters. The van der Waals surface area contributed by atoms with Gasteiger partial charge in [-0.1, -0.05) is 13.0 Å². The maximum absolute atomic E-state index is 5.59. The largest absolute Gasteiger partial charge is 0.454 e. The van der Waals surface area contributed by atoms with Crippen molar-refractivity contribution in [2.75, 3.05) is 41.5 Å². The minimum absolute atomic E-state index is 0.272. The lowest BCUT2D eigenvalue weighted by Gasteiger charge is -2.36. The van der Waals surface area contributed by atoms with Crippen LogP contribution in [0.15, 0.2) is 24.3 Å². The molecule has 1 aromatic carbocycles. The fourth-order valence-electron chi connectivity index (χ4n) is 4.84. The smallest absolute Gasteiger partial charge is 0.232 e. The van der Waals surface area contributed by atoms with Gasteiger partial charge in [0.1, 0.15) is 11.6 Å². The highest BCUT2D eigenvalue weighted by molar-refractivity contribution is 7.80. The number of thiocarbonyl (C=S) groups is 1. The summed E-state index contributed by atoms with van der Waals surface area (Å²) in [5, 5.41) is 7.00. The van der Waals surface area contributed by atoms with Crippen molar-refractivity contribution in [2.45, 2.75) is 58.5 Å². The molecule has 1 atom stereocenters. The number of benzene rings is 1. The van der Waals surface area contributed by atoms with E-state index >= 15 is 0 Å². The van der Waals surface area contributed by atoms with Crippen LogP contribution in [0.25, 0.3) is 0 Å². The zero-order valence-corrected chi connectivity index (χ0v) is 20.9. The van der Waals surface area contributed by atoms with E-state index in [1.54, 1.807) is 0 Å². The van der Waals surface area contributed by atoms with Gasteiger partial charge in [-0.3, -0.25) is 0 Å². The van der Waals surface area contributed by atoms with Gasteiger partial charge in [-0.25, -0.2) is 0 Å². The SMILES string of the molecule is CC1CCN(c2cc(N3CCCCC3C)nc(NC(=S)NCc3ccc4c(c3)OCO4)n2)CC1. The molecule has 0 bridgehead atoms. The Morgan fingerprint density at radius 2 is 1.79 bits per heavy atom. The summed E-state index contributed by atoms with van der Waals surface area (Å²) in [5.74, 6) is 4.83. The van der Waals surface area contributed by atoms with Crippen LogP contribution < -0.4 is 29.9 Å². The first kappa shape index (κ1) is 23.0. The minimum atomic E-state index is 0.272. The van der Waals surface area contributed by atoms with Crippen LogP contribution in [0.3, 0.4) is 0 Å². The molecule has 3 aliphatic heterocycles. The van der Waals surface area contributed by atoms with Crippen molar-refractivity contribution in [3.05, 3.63) is 29.8 Å². The highest BCUT2D eigenvalue weighted by Gasteiger charge is 2.24. The molecule has 2 saturated heterocycles. The van der Waals surface area contributed by atoms with Crippen LogP contribution in [0.4, 0.5) is 17.6 Å². The first-order valence-electron chi connectivity index (χ1n) is 12.4. The van der Waals surface area contributed by atoms with Gasteiger partial charge in [0, 0.05) is 38.3 Å². The van der Waals surface area contributed by atoms with E-state index in [0.29, 0.717) is 23.6 Å². The molecule has 0 saturated carbocycles. The van der Waals surface area contributed by atoms with Gasteiger partial charge in [-0.05, 0) is 74.9 Å². The summed E-state index contributed by atoms with van der Waals surface area (Å²) in [6, 6.07) is 8.54. The van der Waals surface area contributed by atoms with Crippen molar-refractivity contribution in [1.29, 1.82) is 0 Å². The van der Waals surface area contributed by atoms with E-state index in [4.69, 9.17) is 31.7 Å². The second-order valence-electron chi connectivity index (χ2n) is 9.61. The fourth-order valence-corrected chi connectivity index (χ4v) is 5.01. The first-order chi connectivity index (χ1) is 16.5. The van der Waals surface area contributed by atoms with Crippen LogP contribution in [0.5, 0.6) is 11.5 Å². The van der Waals surface area contributed by atoms with Gasteiger partial charge in [0.25, 0.3) is 0 Å². The Labute approximate surface area is 207 Å². The van der Waals surface area contributed by atoms with E-state index in [1.807, 2.05) is 18.2 Å². The Morgan fingerprint density at radius 1 is 1.00 bits per heavy atom.